The van der Waals surface area contributed by atoms with Crippen molar-refractivity contribution in [1.29, 1.82) is 0 Å². The van der Waals surface area contributed by atoms with Crippen molar-refractivity contribution < 1.29 is 9.53 Å². The lowest BCUT2D eigenvalue weighted by molar-refractivity contribution is -0.122. The van der Waals surface area contributed by atoms with Gasteiger partial charge in [-0.15, -0.1) is 24.8 Å². The zero-order valence-corrected chi connectivity index (χ0v) is 14.7. The van der Waals surface area contributed by atoms with Crippen LogP contribution in [0.3, 0.4) is 0 Å². The van der Waals surface area contributed by atoms with Crippen LogP contribution in [0.15, 0.2) is 24.5 Å². The molecule has 1 aliphatic rings. The molecule has 3 rings (SSSR count). The van der Waals surface area contributed by atoms with Gasteiger partial charge in [0.15, 0.2) is 0 Å². The van der Waals surface area contributed by atoms with Crippen LogP contribution in [0.1, 0.15) is 12.1 Å². The molecule has 0 spiro atoms. The highest BCUT2D eigenvalue weighted by molar-refractivity contribution is 6.30. The SMILES string of the molecule is Cl.Cl.O=C(CC1COCCN1)NCc1cn2cc(Cl)ccc2n1. The number of nitrogens with one attached hydrogen (secondary N) is 2. The number of ether oxygens (including phenoxy) is 1. The van der Waals surface area contributed by atoms with Crippen molar-refractivity contribution >= 4 is 48.0 Å². The number of carbonyl (C=O) groups excluding carboxylic acids is 1. The number of carbonyl (C=O) groups is 1. The van der Waals surface area contributed by atoms with E-state index >= 15 is 0 Å². The fourth-order valence-electron chi connectivity index (χ4n) is 2.34. The highest BCUT2D eigenvalue weighted by atomic mass is 35.5. The molecular weight excluding hydrogens is 363 g/mol. The van der Waals surface area contributed by atoms with Gasteiger partial charge in [0, 0.05) is 31.4 Å². The average molecular weight is 382 g/mol. The summed E-state index contributed by atoms with van der Waals surface area (Å²) in [6.07, 6.45) is 4.07. The average Bonchev–Trinajstić information content (AvgIpc) is 2.88. The number of nitrogens with zero attached hydrogens (tertiary/aromatic N) is 2. The van der Waals surface area contributed by atoms with Crippen LogP contribution < -0.4 is 10.6 Å². The fourth-order valence-corrected chi connectivity index (χ4v) is 2.51. The van der Waals surface area contributed by atoms with E-state index in [1.807, 2.05) is 16.7 Å². The minimum absolute atomic E-state index is 0. The standard InChI is InChI=1S/C14H17ClN4O2.2ClH/c15-10-1-2-13-18-12(8-19(13)7-10)6-17-14(20)5-11-9-21-4-3-16-11;;/h1-2,7-8,11,16H,3-6,9H2,(H,17,20);2*1H. The molecule has 1 amide bonds. The second-order valence-electron chi connectivity index (χ2n) is 5.05. The Morgan fingerprint density at radius 2 is 2.26 bits per heavy atom. The summed E-state index contributed by atoms with van der Waals surface area (Å²) in [6.45, 7) is 2.50. The van der Waals surface area contributed by atoms with Gasteiger partial charge in [-0.25, -0.2) is 4.98 Å². The third kappa shape index (κ3) is 5.51. The van der Waals surface area contributed by atoms with Gasteiger partial charge in [0.1, 0.15) is 5.65 Å². The topological polar surface area (TPSA) is 67.7 Å². The molecule has 1 aliphatic heterocycles. The monoisotopic (exact) mass is 380 g/mol. The summed E-state index contributed by atoms with van der Waals surface area (Å²) in [4.78, 5) is 16.3. The molecule has 6 nitrogen and oxygen atoms in total. The summed E-state index contributed by atoms with van der Waals surface area (Å²) in [5, 5.41) is 6.79. The zero-order valence-electron chi connectivity index (χ0n) is 12.3. The van der Waals surface area contributed by atoms with Crippen LogP contribution in [0.5, 0.6) is 0 Å². The molecule has 128 valence electrons. The van der Waals surface area contributed by atoms with Crippen molar-refractivity contribution in [3.63, 3.8) is 0 Å². The number of pyridine rings is 1. The molecular formula is C14H19Cl3N4O2. The van der Waals surface area contributed by atoms with Crippen LogP contribution in [0.4, 0.5) is 0 Å². The van der Waals surface area contributed by atoms with E-state index in [1.54, 1.807) is 12.3 Å². The number of halogens is 3. The second-order valence-corrected chi connectivity index (χ2v) is 5.49. The minimum Gasteiger partial charge on any atom is -0.378 e. The number of amides is 1. The largest absolute Gasteiger partial charge is 0.378 e. The smallest absolute Gasteiger partial charge is 0.221 e. The molecule has 23 heavy (non-hydrogen) atoms. The minimum atomic E-state index is -0.00640. The highest BCUT2D eigenvalue weighted by Gasteiger charge is 2.16. The first kappa shape index (κ1) is 20.0. The molecule has 2 N–H and O–H groups in total. The maximum absolute atomic E-state index is 11.9. The van der Waals surface area contributed by atoms with Crippen LogP contribution in [0.25, 0.3) is 5.65 Å². The second kappa shape index (κ2) is 9.30. The molecule has 3 heterocycles. The molecule has 2 aromatic rings. The van der Waals surface area contributed by atoms with Crippen molar-refractivity contribution in [2.75, 3.05) is 19.8 Å². The van der Waals surface area contributed by atoms with Crippen LogP contribution >= 0.6 is 36.4 Å². The van der Waals surface area contributed by atoms with Gasteiger partial charge >= 0.3 is 0 Å². The fraction of sp³-hybridized carbons (Fsp3) is 0.429. The van der Waals surface area contributed by atoms with E-state index in [-0.39, 0.29) is 36.8 Å². The Kier molecular flexibility index (Phi) is 8.08. The van der Waals surface area contributed by atoms with Gasteiger partial charge in [0.25, 0.3) is 0 Å². The summed E-state index contributed by atoms with van der Waals surface area (Å²) in [5.74, 6) is -0.00640. The maximum atomic E-state index is 11.9. The Labute approximate surface area is 151 Å². The van der Waals surface area contributed by atoms with Gasteiger partial charge in [-0.1, -0.05) is 11.6 Å². The summed E-state index contributed by atoms with van der Waals surface area (Å²) in [6, 6.07) is 3.73. The summed E-state index contributed by atoms with van der Waals surface area (Å²) in [5.41, 5.74) is 1.62. The molecule has 0 radical (unpaired) electrons. The predicted octanol–water partition coefficient (Wildman–Crippen LogP) is 1.83. The summed E-state index contributed by atoms with van der Waals surface area (Å²) in [7, 11) is 0. The number of hydrogen-bond acceptors (Lipinski definition) is 4. The number of morpholine rings is 1. The number of aromatic nitrogens is 2. The Hall–Kier alpha value is -1.05. The van der Waals surface area contributed by atoms with Gasteiger partial charge in [0.05, 0.1) is 30.5 Å². The van der Waals surface area contributed by atoms with Gasteiger partial charge in [-0.3, -0.25) is 4.79 Å². The molecule has 1 unspecified atom stereocenters. The maximum Gasteiger partial charge on any atom is 0.221 e. The molecule has 1 atom stereocenters. The number of fused-ring (bicyclic) bond motifs is 1. The van der Waals surface area contributed by atoms with E-state index in [0.29, 0.717) is 31.2 Å². The van der Waals surface area contributed by atoms with Crippen molar-refractivity contribution in [2.24, 2.45) is 0 Å². The van der Waals surface area contributed by atoms with Crippen LogP contribution in [0.2, 0.25) is 5.02 Å². The molecule has 1 saturated heterocycles. The predicted molar refractivity (Wildman–Crippen MR) is 93.8 cm³/mol. The Morgan fingerprint density at radius 3 is 3.00 bits per heavy atom. The molecule has 0 aliphatic carbocycles. The zero-order chi connectivity index (χ0) is 14.7. The number of imidazole rings is 1. The first-order valence-electron chi connectivity index (χ1n) is 6.92. The molecule has 0 bridgehead atoms. The first-order valence-corrected chi connectivity index (χ1v) is 7.29. The molecule has 9 heteroatoms. The molecule has 1 fully saturated rings. The van der Waals surface area contributed by atoms with E-state index in [9.17, 15) is 4.79 Å². The van der Waals surface area contributed by atoms with E-state index in [4.69, 9.17) is 16.3 Å². The lowest BCUT2D eigenvalue weighted by Crippen LogP contribution is -2.44. The van der Waals surface area contributed by atoms with Crippen LogP contribution in [-0.2, 0) is 16.1 Å². The Balaban J connectivity index is 0.00000132. The third-order valence-electron chi connectivity index (χ3n) is 3.36. The van der Waals surface area contributed by atoms with Crippen LogP contribution in [0, 0.1) is 0 Å². The van der Waals surface area contributed by atoms with Gasteiger partial charge in [0.2, 0.25) is 5.91 Å². The van der Waals surface area contributed by atoms with Crippen molar-refractivity contribution in [2.45, 2.75) is 19.0 Å². The Bertz CT molecular complexity index is 644. The van der Waals surface area contributed by atoms with E-state index < -0.39 is 0 Å². The van der Waals surface area contributed by atoms with Crippen LogP contribution in [-0.4, -0.2) is 41.1 Å². The summed E-state index contributed by atoms with van der Waals surface area (Å²) >= 11 is 5.93. The lowest BCUT2D eigenvalue weighted by Gasteiger charge is -2.23. The first-order chi connectivity index (χ1) is 10.2. The van der Waals surface area contributed by atoms with Gasteiger partial charge in [-0.2, -0.15) is 0 Å². The van der Waals surface area contributed by atoms with E-state index in [2.05, 4.69) is 15.6 Å². The number of rotatable bonds is 4. The van der Waals surface area contributed by atoms with E-state index in [1.165, 1.54) is 0 Å². The van der Waals surface area contributed by atoms with Crippen molar-refractivity contribution in [3.05, 3.63) is 35.2 Å². The van der Waals surface area contributed by atoms with Gasteiger partial charge < -0.3 is 19.8 Å². The highest BCUT2D eigenvalue weighted by Crippen LogP contribution is 2.11. The quantitative estimate of drug-likeness (QED) is 0.848. The number of hydrogen-bond donors (Lipinski definition) is 2. The van der Waals surface area contributed by atoms with E-state index in [0.717, 1.165) is 17.9 Å². The Morgan fingerprint density at radius 1 is 1.43 bits per heavy atom. The third-order valence-corrected chi connectivity index (χ3v) is 3.59. The molecule has 0 aromatic carbocycles. The molecule has 0 saturated carbocycles. The van der Waals surface area contributed by atoms with Crippen molar-refractivity contribution in [1.82, 2.24) is 20.0 Å². The molecule has 2 aromatic heterocycles. The van der Waals surface area contributed by atoms with Crippen molar-refractivity contribution in [3.8, 4) is 0 Å². The summed E-state index contributed by atoms with van der Waals surface area (Å²) < 4.78 is 7.17. The normalized spacial score (nSPS) is 17.2. The van der Waals surface area contributed by atoms with Gasteiger partial charge in [-0.05, 0) is 12.1 Å². The lowest BCUT2D eigenvalue weighted by atomic mass is 10.2.